The number of carbonyl (C=O) groups excluding carboxylic acids is 1. The van der Waals surface area contributed by atoms with E-state index in [1.807, 2.05) is 12.1 Å². The fourth-order valence-electron chi connectivity index (χ4n) is 2.75. The highest BCUT2D eigenvalue weighted by Gasteiger charge is 2.35. The number of aromatic hydroxyl groups is 1. The van der Waals surface area contributed by atoms with Crippen LogP contribution >= 0.6 is 11.6 Å². The van der Waals surface area contributed by atoms with Crippen LogP contribution in [-0.2, 0) is 9.53 Å². The predicted octanol–water partition coefficient (Wildman–Crippen LogP) is 3.30. The Morgan fingerprint density at radius 2 is 2.00 bits per heavy atom. The highest BCUT2D eigenvalue weighted by atomic mass is 35.5. The van der Waals surface area contributed by atoms with Gasteiger partial charge in [0.25, 0.3) is 0 Å². The molecule has 124 valence electrons. The number of hydrogen-bond acceptors (Lipinski definition) is 5. The fourth-order valence-corrected chi connectivity index (χ4v) is 2.88. The Kier molecular flexibility index (Phi) is 4.36. The molecule has 2 aromatic rings. The zero-order valence-electron chi connectivity index (χ0n) is 13.0. The zero-order chi connectivity index (χ0) is 17.3. The Morgan fingerprint density at radius 3 is 2.67 bits per heavy atom. The van der Waals surface area contributed by atoms with E-state index in [1.165, 1.54) is 12.1 Å². The van der Waals surface area contributed by atoms with Gasteiger partial charge in [-0.15, -0.1) is 0 Å². The average molecular weight is 346 g/mol. The molecule has 1 heterocycles. The maximum atomic E-state index is 12.4. The van der Waals surface area contributed by atoms with Gasteiger partial charge in [0.1, 0.15) is 17.1 Å². The number of rotatable bonds is 3. The molecule has 0 radical (unpaired) electrons. The number of carbonyl (C=O) groups is 1. The number of ether oxygens (including phenoxy) is 2. The molecular weight excluding hydrogens is 330 g/mol. The van der Waals surface area contributed by atoms with Gasteiger partial charge in [0.2, 0.25) is 5.88 Å². The third-order valence-electron chi connectivity index (χ3n) is 3.78. The van der Waals surface area contributed by atoms with Gasteiger partial charge < -0.3 is 20.3 Å². The van der Waals surface area contributed by atoms with Gasteiger partial charge in [-0.1, -0.05) is 29.8 Å². The lowest BCUT2D eigenvalue weighted by atomic mass is 9.83. The Balaban J connectivity index is 2.18. The summed E-state index contributed by atoms with van der Waals surface area (Å²) < 4.78 is 10.7. The van der Waals surface area contributed by atoms with Crippen molar-refractivity contribution in [2.45, 2.75) is 12.8 Å². The fraction of sp³-hybridized carbons (Fsp3) is 0.167. The van der Waals surface area contributed by atoms with E-state index in [0.717, 1.165) is 5.56 Å². The Bertz CT molecular complexity index is 814. The Morgan fingerprint density at radius 1 is 1.29 bits per heavy atom. The number of benzene rings is 2. The number of phenols is 1. The summed E-state index contributed by atoms with van der Waals surface area (Å²) in [5, 5.41) is 10.3. The molecule has 3 N–H and O–H groups in total. The molecule has 2 aromatic carbocycles. The van der Waals surface area contributed by atoms with Gasteiger partial charge in [0, 0.05) is 16.7 Å². The maximum absolute atomic E-state index is 12.4. The first-order valence-corrected chi connectivity index (χ1v) is 7.82. The van der Waals surface area contributed by atoms with E-state index in [1.54, 1.807) is 25.1 Å². The van der Waals surface area contributed by atoms with E-state index in [2.05, 4.69) is 0 Å². The SMILES string of the molecule is CCOC(=O)C1=C(N)Oc2cc(O)ccc2C1c1ccc(Cl)cc1. The second kappa shape index (κ2) is 6.45. The molecule has 1 aliphatic heterocycles. The van der Waals surface area contributed by atoms with Gasteiger partial charge >= 0.3 is 5.97 Å². The molecule has 0 bridgehead atoms. The molecule has 1 unspecified atom stereocenters. The topological polar surface area (TPSA) is 81.8 Å². The quantitative estimate of drug-likeness (QED) is 0.834. The summed E-state index contributed by atoms with van der Waals surface area (Å²) in [6.07, 6.45) is 0. The number of hydrogen-bond donors (Lipinski definition) is 2. The van der Waals surface area contributed by atoms with Crippen LogP contribution in [0.4, 0.5) is 0 Å². The van der Waals surface area contributed by atoms with E-state index in [4.69, 9.17) is 26.8 Å². The molecule has 0 saturated carbocycles. The lowest BCUT2D eigenvalue weighted by Crippen LogP contribution is -2.27. The molecule has 24 heavy (non-hydrogen) atoms. The average Bonchev–Trinajstić information content (AvgIpc) is 2.54. The molecular formula is C18H16ClNO4. The first-order valence-electron chi connectivity index (χ1n) is 7.44. The highest BCUT2D eigenvalue weighted by molar-refractivity contribution is 6.30. The van der Waals surface area contributed by atoms with E-state index < -0.39 is 11.9 Å². The molecule has 5 nitrogen and oxygen atoms in total. The summed E-state index contributed by atoms with van der Waals surface area (Å²) in [7, 11) is 0. The molecule has 0 fully saturated rings. The second-order valence-corrected chi connectivity index (χ2v) is 5.74. The number of phenolic OH excluding ortho intramolecular Hbond substituents is 1. The van der Waals surface area contributed by atoms with Crippen molar-refractivity contribution >= 4 is 17.6 Å². The van der Waals surface area contributed by atoms with Gasteiger partial charge in [-0.25, -0.2) is 4.79 Å². The lowest BCUT2D eigenvalue weighted by molar-refractivity contribution is -0.139. The maximum Gasteiger partial charge on any atom is 0.340 e. The molecule has 1 aliphatic rings. The van der Waals surface area contributed by atoms with Crippen LogP contribution in [0.2, 0.25) is 5.02 Å². The van der Waals surface area contributed by atoms with Crippen molar-refractivity contribution in [3.63, 3.8) is 0 Å². The van der Waals surface area contributed by atoms with Crippen LogP contribution in [0.15, 0.2) is 53.9 Å². The molecule has 0 saturated heterocycles. The smallest absolute Gasteiger partial charge is 0.340 e. The number of nitrogens with two attached hydrogens (primary N) is 1. The van der Waals surface area contributed by atoms with E-state index in [0.29, 0.717) is 16.3 Å². The van der Waals surface area contributed by atoms with Crippen molar-refractivity contribution in [3.05, 3.63) is 70.1 Å². The van der Waals surface area contributed by atoms with Gasteiger partial charge in [-0.05, 0) is 30.7 Å². The zero-order valence-corrected chi connectivity index (χ0v) is 13.7. The largest absolute Gasteiger partial charge is 0.508 e. The number of halogens is 1. The van der Waals surface area contributed by atoms with Crippen LogP contribution < -0.4 is 10.5 Å². The van der Waals surface area contributed by atoms with Crippen LogP contribution in [0.25, 0.3) is 0 Å². The standard InChI is InChI=1S/C18H16ClNO4/c1-2-23-18(22)16-15(10-3-5-11(19)6-4-10)13-8-7-12(21)9-14(13)24-17(16)20/h3-9,15,21H,2,20H2,1H3. The van der Waals surface area contributed by atoms with Crippen molar-refractivity contribution in [3.8, 4) is 11.5 Å². The van der Waals surface area contributed by atoms with Crippen LogP contribution in [-0.4, -0.2) is 17.7 Å². The van der Waals surface area contributed by atoms with Gasteiger partial charge in [0.05, 0.1) is 12.5 Å². The number of esters is 1. The van der Waals surface area contributed by atoms with Crippen molar-refractivity contribution in [2.75, 3.05) is 6.61 Å². The van der Waals surface area contributed by atoms with Gasteiger partial charge in [-0.2, -0.15) is 0 Å². The van der Waals surface area contributed by atoms with Gasteiger partial charge in [0.15, 0.2) is 0 Å². The first-order chi connectivity index (χ1) is 11.5. The van der Waals surface area contributed by atoms with Crippen molar-refractivity contribution < 1.29 is 19.4 Å². The molecule has 0 aromatic heterocycles. The van der Waals surface area contributed by atoms with Crippen LogP contribution in [0.1, 0.15) is 24.0 Å². The molecule has 1 atom stereocenters. The second-order valence-electron chi connectivity index (χ2n) is 5.31. The van der Waals surface area contributed by atoms with Gasteiger partial charge in [-0.3, -0.25) is 0 Å². The van der Waals surface area contributed by atoms with Crippen molar-refractivity contribution in [1.82, 2.24) is 0 Å². The number of fused-ring (bicyclic) bond motifs is 1. The Hall–Kier alpha value is -2.66. The highest BCUT2D eigenvalue weighted by Crippen LogP contribution is 2.44. The minimum atomic E-state index is -0.534. The summed E-state index contributed by atoms with van der Waals surface area (Å²) in [6, 6.07) is 11.8. The van der Waals surface area contributed by atoms with Crippen LogP contribution in [0.3, 0.4) is 0 Å². The van der Waals surface area contributed by atoms with Crippen molar-refractivity contribution in [2.24, 2.45) is 5.73 Å². The molecule has 3 rings (SSSR count). The molecule has 0 amide bonds. The third kappa shape index (κ3) is 2.90. The normalized spacial score (nSPS) is 16.3. The van der Waals surface area contributed by atoms with Crippen LogP contribution in [0, 0.1) is 0 Å². The minimum absolute atomic E-state index is 0.0356. The summed E-state index contributed by atoms with van der Waals surface area (Å²) in [5.74, 6) is -0.581. The van der Waals surface area contributed by atoms with E-state index >= 15 is 0 Å². The predicted molar refractivity (Wildman–Crippen MR) is 89.9 cm³/mol. The summed E-state index contributed by atoms with van der Waals surface area (Å²) in [4.78, 5) is 12.4. The summed E-state index contributed by atoms with van der Waals surface area (Å²) in [5.41, 5.74) is 7.75. The molecule has 6 heteroatoms. The van der Waals surface area contributed by atoms with Crippen LogP contribution in [0.5, 0.6) is 11.5 Å². The summed E-state index contributed by atoms with van der Waals surface area (Å²) in [6.45, 7) is 1.95. The monoisotopic (exact) mass is 345 g/mol. The summed E-state index contributed by atoms with van der Waals surface area (Å²) >= 11 is 5.96. The Labute approximate surface area is 144 Å². The minimum Gasteiger partial charge on any atom is -0.508 e. The molecule has 0 spiro atoms. The van der Waals surface area contributed by atoms with Crippen molar-refractivity contribution in [1.29, 1.82) is 0 Å². The molecule has 0 aliphatic carbocycles. The lowest BCUT2D eigenvalue weighted by Gasteiger charge is -2.28. The van der Waals surface area contributed by atoms with E-state index in [9.17, 15) is 9.90 Å². The first kappa shape index (κ1) is 16.2. The third-order valence-corrected chi connectivity index (χ3v) is 4.03. The van der Waals surface area contributed by atoms with E-state index in [-0.39, 0.29) is 23.8 Å².